The summed E-state index contributed by atoms with van der Waals surface area (Å²) >= 11 is 0. The van der Waals surface area contributed by atoms with Gasteiger partial charge in [-0.2, -0.15) is 10.5 Å². The molecule has 0 bridgehead atoms. The number of nitriles is 2. The second kappa shape index (κ2) is 10.9. The first-order chi connectivity index (χ1) is 23.7. The number of rotatable bonds is 4. The molecule has 0 saturated carbocycles. The molecular formula is C44H26N4. The van der Waals surface area contributed by atoms with Crippen LogP contribution in [0.15, 0.2) is 158 Å². The van der Waals surface area contributed by atoms with Crippen LogP contribution in [0, 0.1) is 22.7 Å². The fourth-order valence-electron chi connectivity index (χ4n) is 7.25. The molecule has 48 heavy (non-hydrogen) atoms. The predicted molar refractivity (Wildman–Crippen MR) is 195 cm³/mol. The van der Waals surface area contributed by atoms with Crippen LogP contribution >= 0.6 is 0 Å². The Bertz CT molecular complexity index is 2690. The number of nitrogens with zero attached hydrogens (tertiary/aromatic N) is 4. The first-order valence-corrected chi connectivity index (χ1v) is 15.9. The highest BCUT2D eigenvalue weighted by Crippen LogP contribution is 2.38. The highest BCUT2D eigenvalue weighted by Gasteiger charge is 2.17. The Kier molecular flexibility index (Phi) is 6.22. The summed E-state index contributed by atoms with van der Waals surface area (Å²) in [5, 5.41) is 24.8. The zero-order chi connectivity index (χ0) is 32.2. The molecule has 4 heteroatoms. The second-order valence-corrected chi connectivity index (χ2v) is 12.0. The van der Waals surface area contributed by atoms with Gasteiger partial charge in [-0.25, -0.2) is 0 Å². The first-order valence-electron chi connectivity index (χ1n) is 15.9. The summed E-state index contributed by atoms with van der Waals surface area (Å²) in [7, 11) is 0. The standard InChI is InChI=1S/C44H26N4/c45-27-29-17-24-34(44(25-29)48-42-15-7-3-11-37(42)38-12-4-8-16-43(38)48)30-18-20-31(21-19-30)39-26-33(23-22-32(39)28-46)47-40-13-5-1-9-35(40)36-10-2-6-14-41(36)47/h1-26H. The molecule has 0 aliphatic heterocycles. The van der Waals surface area contributed by atoms with Crippen molar-refractivity contribution in [2.24, 2.45) is 0 Å². The molecule has 9 rings (SSSR count). The third-order valence-electron chi connectivity index (χ3n) is 9.42. The predicted octanol–water partition coefficient (Wildman–Crippen LogP) is 11.0. The van der Waals surface area contributed by atoms with Gasteiger partial charge in [0.15, 0.2) is 0 Å². The minimum Gasteiger partial charge on any atom is -0.309 e. The lowest BCUT2D eigenvalue weighted by atomic mass is 9.95. The third kappa shape index (κ3) is 4.14. The van der Waals surface area contributed by atoms with E-state index in [1.165, 1.54) is 21.5 Å². The van der Waals surface area contributed by atoms with Gasteiger partial charge in [-0.1, -0.05) is 103 Å². The monoisotopic (exact) mass is 610 g/mol. The van der Waals surface area contributed by atoms with Gasteiger partial charge in [0.2, 0.25) is 0 Å². The molecule has 7 aromatic carbocycles. The smallest absolute Gasteiger partial charge is 0.0998 e. The van der Waals surface area contributed by atoms with E-state index in [0.717, 1.165) is 55.7 Å². The van der Waals surface area contributed by atoms with Crippen LogP contribution in [0.25, 0.3) is 77.2 Å². The zero-order valence-electron chi connectivity index (χ0n) is 25.8. The number of para-hydroxylation sites is 4. The Balaban J connectivity index is 1.20. The maximum atomic E-state index is 10.2. The number of hydrogen-bond donors (Lipinski definition) is 0. The summed E-state index contributed by atoms with van der Waals surface area (Å²) in [4.78, 5) is 0. The molecule has 0 N–H and O–H groups in total. The molecule has 0 atom stereocenters. The van der Waals surface area contributed by atoms with Crippen molar-refractivity contribution in [1.82, 2.24) is 9.13 Å². The molecule has 0 unspecified atom stereocenters. The lowest BCUT2D eigenvalue weighted by Gasteiger charge is -2.15. The van der Waals surface area contributed by atoms with Crippen molar-refractivity contribution >= 4 is 43.6 Å². The highest BCUT2D eigenvalue weighted by molar-refractivity contribution is 6.10. The molecular weight excluding hydrogens is 585 g/mol. The van der Waals surface area contributed by atoms with E-state index in [1.807, 2.05) is 30.3 Å². The van der Waals surface area contributed by atoms with Gasteiger partial charge in [0, 0.05) is 38.4 Å². The van der Waals surface area contributed by atoms with Crippen LogP contribution in [-0.4, -0.2) is 9.13 Å². The normalized spacial score (nSPS) is 11.3. The van der Waals surface area contributed by atoms with Crippen LogP contribution in [0.4, 0.5) is 0 Å². The Morgan fingerprint density at radius 1 is 0.396 bits per heavy atom. The number of aromatic nitrogens is 2. The van der Waals surface area contributed by atoms with Crippen LogP contribution in [0.5, 0.6) is 0 Å². The lowest BCUT2D eigenvalue weighted by molar-refractivity contribution is 1.18. The molecule has 2 heterocycles. The molecule has 9 aromatic rings. The van der Waals surface area contributed by atoms with Crippen LogP contribution in [-0.2, 0) is 0 Å². The van der Waals surface area contributed by atoms with E-state index in [4.69, 9.17) is 0 Å². The largest absolute Gasteiger partial charge is 0.309 e. The van der Waals surface area contributed by atoms with Crippen molar-refractivity contribution in [3.8, 4) is 45.8 Å². The van der Waals surface area contributed by atoms with Crippen LogP contribution < -0.4 is 0 Å². The average Bonchev–Trinajstić information content (AvgIpc) is 3.67. The van der Waals surface area contributed by atoms with Crippen molar-refractivity contribution in [2.75, 3.05) is 0 Å². The molecule has 0 saturated heterocycles. The van der Waals surface area contributed by atoms with Gasteiger partial charge in [0.25, 0.3) is 0 Å². The van der Waals surface area contributed by atoms with Crippen molar-refractivity contribution in [2.45, 2.75) is 0 Å². The van der Waals surface area contributed by atoms with Crippen molar-refractivity contribution < 1.29 is 0 Å². The molecule has 0 aliphatic carbocycles. The topological polar surface area (TPSA) is 57.4 Å². The van der Waals surface area contributed by atoms with Gasteiger partial charge >= 0.3 is 0 Å². The van der Waals surface area contributed by atoms with Gasteiger partial charge < -0.3 is 9.13 Å². The van der Waals surface area contributed by atoms with Gasteiger partial charge in [0.1, 0.15) is 0 Å². The lowest BCUT2D eigenvalue weighted by Crippen LogP contribution is -1.98. The summed E-state index contributed by atoms with van der Waals surface area (Å²) < 4.78 is 4.54. The Hall–Kier alpha value is -6.88. The van der Waals surface area contributed by atoms with Crippen molar-refractivity contribution in [3.05, 3.63) is 169 Å². The van der Waals surface area contributed by atoms with Crippen LogP contribution in [0.2, 0.25) is 0 Å². The van der Waals surface area contributed by atoms with Gasteiger partial charge in [-0.15, -0.1) is 0 Å². The molecule has 0 aliphatic rings. The average molecular weight is 611 g/mol. The van der Waals surface area contributed by atoms with E-state index < -0.39 is 0 Å². The van der Waals surface area contributed by atoms with Gasteiger partial charge in [0.05, 0.1) is 51.0 Å². The van der Waals surface area contributed by atoms with Crippen molar-refractivity contribution in [3.63, 3.8) is 0 Å². The number of benzene rings is 7. The van der Waals surface area contributed by atoms with E-state index in [2.05, 4.69) is 149 Å². The molecule has 2 aromatic heterocycles. The molecule has 0 spiro atoms. The van der Waals surface area contributed by atoms with Gasteiger partial charge in [-0.05, 0) is 65.7 Å². The zero-order valence-corrected chi connectivity index (χ0v) is 25.8. The minimum atomic E-state index is 0.604. The Labute approximate surface area is 277 Å². The van der Waals surface area contributed by atoms with E-state index in [9.17, 15) is 10.5 Å². The van der Waals surface area contributed by atoms with Crippen molar-refractivity contribution in [1.29, 1.82) is 10.5 Å². The van der Waals surface area contributed by atoms with Gasteiger partial charge in [-0.3, -0.25) is 0 Å². The van der Waals surface area contributed by atoms with E-state index >= 15 is 0 Å². The fourth-order valence-corrected chi connectivity index (χ4v) is 7.25. The summed E-state index contributed by atoms with van der Waals surface area (Å²) in [5.74, 6) is 0. The van der Waals surface area contributed by atoms with E-state index in [1.54, 1.807) is 0 Å². The Morgan fingerprint density at radius 3 is 1.38 bits per heavy atom. The molecule has 222 valence electrons. The van der Waals surface area contributed by atoms with Crippen LogP contribution in [0.1, 0.15) is 11.1 Å². The fraction of sp³-hybridized carbons (Fsp3) is 0. The quantitative estimate of drug-likeness (QED) is 0.199. The highest BCUT2D eigenvalue weighted by atomic mass is 15.0. The first kappa shape index (κ1) is 27.4. The third-order valence-corrected chi connectivity index (χ3v) is 9.42. The summed E-state index contributed by atoms with van der Waals surface area (Å²) in [6, 6.07) is 58.8. The number of hydrogen-bond acceptors (Lipinski definition) is 2. The van der Waals surface area contributed by atoms with E-state index in [0.29, 0.717) is 11.1 Å². The summed E-state index contributed by atoms with van der Waals surface area (Å²) in [6.07, 6.45) is 0. The molecule has 0 fully saturated rings. The van der Waals surface area contributed by atoms with E-state index in [-0.39, 0.29) is 0 Å². The molecule has 0 radical (unpaired) electrons. The summed E-state index contributed by atoms with van der Waals surface area (Å²) in [6.45, 7) is 0. The Morgan fingerprint density at radius 2 is 0.875 bits per heavy atom. The SMILES string of the molecule is N#Cc1ccc(-c2ccc(-c3cc(-n4c5ccccc5c5ccccc54)ccc3C#N)cc2)c(-n2c3ccccc3c3ccccc32)c1. The second-order valence-electron chi connectivity index (χ2n) is 12.0. The van der Waals surface area contributed by atoms with Crippen LogP contribution in [0.3, 0.4) is 0 Å². The maximum Gasteiger partial charge on any atom is 0.0998 e. The minimum absolute atomic E-state index is 0.604. The molecule has 4 nitrogen and oxygen atoms in total. The summed E-state index contributed by atoms with van der Waals surface area (Å²) in [5.41, 5.74) is 11.5. The number of fused-ring (bicyclic) bond motifs is 6. The molecule has 0 amide bonds. The maximum absolute atomic E-state index is 10.2.